The minimum atomic E-state index is 0.195. The van der Waals surface area contributed by atoms with Gasteiger partial charge >= 0.3 is 0 Å². The maximum absolute atomic E-state index is 12.1. The summed E-state index contributed by atoms with van der Waals surface area (Å²) in [6, 6.07) is 0. The first-order chi connectivity index (χ1) is 12.3. The van der Waals surface area contributed by atoms with Gasteiger partial charge in [-0.15, -0.1) is 0 Å². The second-order valence-electron chi connectivity index (χ2n) is 10.2. The Hall–Kier alpha value is -0.890. The van der Waals surface area contributed by atoms with Crippen molar-refractivity contribution in [2.24, 2.45) is 40.4 Å². The lowest BCUT2D eigenvalue weighted by molar-refractivity contribution is -0.116. The van der Waals surface area contributed by atoms with Crippen molar-refractivity contribution in [3.8, 4) is 0 Å². The van der Waals surface area contributed by atoms with Gasteiger partial charge in [-0.2, -0.15) is 0 Å². The van der Waals surface area contributed by atoms with Gasteiger partial charge in [0.1, 0.15) is 0 Å². The number of aliphatic hydroxyl groups is 1. The molecule has 2 nitrogen and oxygen atoms in total. The van der Waals surface area contributed by atoms with Crippen molar-refractivity contribution >= 4 is 5.78 Å². The summed E-state index contributed by atoms with van der Waals surface area (Å²) in [6.07, 6.45) is 12.6. The van der Waals surface area contributed by atoms with Gasteiger partial charge in [0, 0.05) is 13.0 Å². The van der Waals surface area contributed by atoms with Crippen LogP contribution in [0.15, 0.2) is 23.3 Å². The number of aliphatic hydroxyl groups excluding tert-OH is 1. The van der Waals surface area contributed by atoms with Crippen molar-refractivity contribution < 1.29 is 9.90 Å². The maximum atomic E-state index is 12.1. The highest BCUT2D eigenvalue weighted by Crippen LogP contribution is 2.67. The lowest BCUT2D eigenvalue weighted by atomic mass is 9.47. The molecule has 0 heterocycles. The standard InChI is InChI=1S/C24H36O2/c1-5-16-12-18-20-7-6-19(15(2)14-25)23(20,3)11-9-21(18)24(4)10-8-17(26)13-22(16)24/h12-13,15,18-21,25H,5-11,14H2,1-4H3/t15-,18?,19-,20+,21+,23?,24?/m1/s1. The molecule has 3 unspecified atom stereocenters. The van der Waals surface area contributed by atoms with Gasteiger partial charge in [0.15, 0.2) is 5.78 Å². The van der Waals surface area contributed by atoms with Crippen LogP contribution in [0.2, 0.25) is 0 Å². The van der Waals surface area contributed by atoms with E-state index in [0.29, 0.717) is 41.5 Å². The van der Waals surface area contributed by atoms with Crippen LogP contribution >= 0.6 is 0 Å². The fourth-order valence-electron chi connectivity index (χ4n) is 7.66. The molecule has 4 aliphatic rings. The number of carbonyl (C=O) groups excluding carboxylic acids is 1. The van der Waals surface area contributed by atoms with Crippen LogP contribution in [0, 0.1) is 40.4 Å². The van der Waals surface area contributed by atoms with E-state index in [4.69, 9.17) is 0 Å². The van der Waals surface area contributed by atoms with E-state index >= 15 is 0 Å². The van der Waals surface area contributed by atoms with Crippen LogP contribution in [0.5, 0.6) is 0 Å². The molecule has 0 aromatic heterocycles. The Morgan fingerprint density at radius 2 is 1.96 bits per heavy atom. The van der Waals surface area contributed by atoms with E-state index in [1.54, 1.807) is 0 Å². The van der Waals surface area contributed by atoms with Crippen LogP contribution in [0.4, 0.5) is 0 Å². The van der Waals surface area contributed by atoms with Crippen molar-refractivity contribution in [3.63, 3.8) is 0 Å². The van der Waals surface area contributed by atoms with Crippen molar-refractivity contribution in [1.29, 1.82) is 0 Å². The van der Waals surface area contributed by atoms with Gasteiger partial charge in [0.2, 0.25) is 0 Å². The Labute approximate surface area is 159 Å². The van der Waals surface area contributed by atoms with E-state index in [9.17, 15) is 9.90 Å². The first-order valence-electron chi connectivity index (χ1n) is 10.9. The van der Waals surface area contributed by atoms with Gasteiger partial charge in [0.05, 0.1) is 0 Å². The number of fused-ring (bicyclic) bond motifs is 5. The molecule has 144 valence electrons. The molecule has 26 heavy (non-hydrogen) atoms. The average Bonchev–Trinajstić information content (AvgIpc) is 2.98. The normalized spacial score (nSPS) is 46.0. The van der Waals surface area contributed by atoms with Gasteiger partial charge in [-0.1, -0.05) is 33.8 Å². The van der Waals surface area contributed by atoms with Crippen molar-refractivity contribution in [2.45, 2.75) is 72.6 Å². The molecule has 0 aliphatic heterocycles. The molecule has 4 rings (SSSR count). The predicted molar refractivity (Wildman–Crippen MR) is 106 cm³/mol. The molecule has 0 saturated heterocycles. The smallest absolute Gasteiger partial charge is 0.156 e. The zero-order chi connectivity index (χ0) is 18.7. The van der Waals surface area contributed by atoms with E-state index in [0.717, 1.165) is 25.2 Å². The minimum absolute atomic E-state index is 0.195. The molecule has 0 bridgehead atoms. The van der Waals surface area contributed by atoms with Gasteiger partial charge in [-0.25, -0.2) is 0 Å². The molecule has 2 heteroatoms. The Balaban J connectivity index is 1.75. The number of ketones is 1. The molecule has 0 aromatic carbocycles. The Morgan fingerprint density at radius 3 is 2.65 bits per heavy atom. The summed E-state index contributed by atoms with van der Waals surface area (Å²) < 4.78 is 0. The highest BCUT2D eigenvalue weighted by Gasteiger charge is 2.59. The molecular formula is C24H36O2. The van der Waals surface area contributed by atoms with Crippen LogP contribution < -0.4 is 0 Å². The molecule has 0 radical (unpaired) electrons. The second-order valence-corrected chi connectivity index (χ2v) is 10.2. The van der Waals surface area contributed by atoms with Gasteiger partial charge in [-0.05, 0) is 96.2 Å². The molecule has 7 atom stereocenters. The first-order valence-corrected chi connectivity index (χ1v) is 10.9. The summed E-state index contributed by atoms with van der Waals surface area (Å²) in [4.78, 5) is 12.1. The molecule has 4 aliphatic carbocycles. The highest BCUT2D eigenvalue weighted by molar-refractivity contribution is 5.92. The minimum Gasteiger partial charge on any atom is -0.396 e. The van der Waals surface area contributed by atoms with Crippen LogP contribution in [0.3, 0.4) is 0 Å². The summed E-state index contributed by atoms with van der Waals surface area (Å²) in [5, 5.41) is 9.78. The number of allylic oxidation sites excluding steroid dienone is 4. The van der Waals surface area contributed by atoms with E-state index in [1.165, 1.54) is 36.8 Å². The largest absolute Gasteiger partial charge is 0.396 e. The quantitative estimate of drug-likeness (QED) is 0.743. The van der Waals surface area contributed by atoms with Crippen LogP contribution in [0.25, 0.3) is 0 Å². The molecule has 0 spiro atoms. The number of hydrogen-bond acceptors (Lipinski definition) is 2. The van der Waals surface area contributed by atoms with Crippen LogP contribution in [0.1, 0.15) is 72.6 Å². The lowest BCUT2D eigenvalue weighted by Gasteiger charge is -2.57. The van der Waals surface area contributed by atoms with Crippen LogP contribution in [-0.4, -0.2) is 17.5 Å². The van der Waals surface area contributed by atoms with Gasteiger partial charge in [0.25, 0.3) is 0 Å². The van der Waals surface area contributed by atoms with Crippen molar-refractivity contribution in [1.82, 2.24) is 0 Å². The zero-order valence-corrected chi connectivity index (χ0v) is 17.1. The van der Waals surface area contributed by atoms with Crippen molar-refractivity contribution in [3.05, 3.63) is 23.3 Å². The van der Waals surface area contributed by atoms with E-state index < -0.39 is 0 Å². The highest BCUT2D eigenvalue weighted by atomic mass is 16.3. The Bertz CT molecular complexity index is 659. The Morgan fingerprint density at radius 1 is 1.19 bits per heavy atom. The third-order valence-corrected chi connectivity index (χ3v) is 9.13. The molecular weight excluding hydrogens is 320 g/mol. The summed E-state index contributed by atoms with van der Waals surface area (Å²) in [5.41, 5.74) is 3.39. The maximum Gasteiger partial charge on any atom is 0.156 e. The Kier molecular flexibility index (Phi) is 4.50. The van der Waals surface area contributed by atoms with Gasteiger partial charge in [-0.3, -0.25) is 4.79 Å². The summed E-state index contributed by atoms with van der Waals surface area (Å²) in [5.74, 6) is 3.51. The summed E-state index contributed by atoms with van der Waals surface area (Å²) in [7, 11) is 0. The predicted octanol–water partition coefficient (Wildman–Crippen LogP) is 5.32. The number of hydrogen-bond donors (Lipinski definition) is 1. The van der Waals surface area contributed by atoms with E-state index in [2.05, 4.69) is 33.8 Å². The summed E-state index contributed by atoms with van der Waals surface area (Å²) in [6.45, 7) is 9.80. The molecule has 0 aromatic rings. The first kappa shape index (κ1) is 18.5. The SMILES string of the molecule is CCC1=CC2[C@H](CCC3(C)[C@@H]([C@H](C)CO)CC[C@@H]23)C2(C)CCC(=O)C=C12. The topological polar surface area (TPSA) is 37.3 Å². The number of rotatable bonds is 3. The molecule has 0 amide bonds. The monoisotopic (exact) mass is 356 g/mol. The third kappa shape index (κ3) is 2.44. The molecule has 2 fully saturated rings. The average molecular weight is 357 g/mol. The number of carbonyl (C=O) groups is 1. The fraction of sp³-hybridized carbons (Fsp3) is 0.792. The third-order valence-electron chi connectivity index (χ3n) is 9.13. The van der Waals surface area contributed by atoms with Crippen LogP contribution in [-0.2, 0) is 4.79 Å². The zero-order valence-electron chi connectivity index (χ0n) is 17.1. The van der Waals surface area contributed by atoms with Gasteiger partial charge < -0.3 is 5.11 Å². The van der Waals surface area contributed by atoms with E-state index in [1.807, 2.05) is 6.08 Å². The van der Waals surface area contributed by atoms with Crippen molar-refractivity contribution in [2.75, 3.05) is 6.61 Å². The molecule has 2 saturated carbocycles. The fourth-order valence-corrected chi connectivity index (χ4v) is 7.66. The van der Waals surface area contributed by atoms with E-state index in [-0.39, 0.29) is 5.41 Å². The molecule has 1 N–H and O–H groups in total. The lowest BCUT2D eigenvalue weighted by Crippen LogP contribution is -2.50. The second kappa shape index (κ2) is 6.33. The summed E-state index contributed by atoms with van der Waals surface area (Å²) >= 11 is 0.